The topological polar surface area (TPSA) is 92.8 Å². The maximum absolute atomic E-state index is 12.2. The largest absolute Gasteiger partial charge is 0.448 e. The van der Waals surface area contributed by atoms with Crippen molar-refractivity contribution in [2.75, 3.05) is 41.4 Å². The summed E-state index contributed by atoms with van der Waals surface area (Å²) in [6.07, 6.45) is -0.755. The molecule has 168 valence electrons. The predicted molar refractivity (Wildman–Crippen MR) is 124 cm³/mol. The van der Waals surface area contributed by atoms with Crippen LogP contribution in [0, 0.1) is 6.92 Å². The van der Waals surface area contributed by atoms with E-state index in [9.17, 15) is 18.0 Å². The van der Waals surface area contributed by atoms with E-state index in [1.807, 2.05) is 19.1 Å². The molecule has 2 rings (SSSR count). The number of halogens is 1. The van der Waals surface area contributed by atoms with Gasteiger partial charge in [-0.2, -0.15) is 0 Å². The van der Waals surface area contributed by atoms with Crippen LogP contribution in [0.4, 0.5) is 16.2 Å². The maximum atomic E-state index is 12.2. The van der Waals surface area contributed by atoms with E-state index in [0.717, 1.165) is 24.3 Å². The van der Waals surface area contributed by atoms with Gasteiger partial charge in [-0.1, -0.05) is 23.7 Å². The molecule has 0 unspecified atom stereocenters. The fourth-order valence-corrected chi connectivity index (χ4v) is 4.24. The summed E-state index contributed by atoms with van der Waals surface area (Å²) in [6, 6.07) is 11.7. The number of rotatable bonds is 10. The van der Waals surface area contributed by atoms with E-state index in [1.165, 1.54) is 12.1 Å². The van der Waals surface area contributed by atoms with Gasteiger partial charge in [0, 0.05) is 35.1 Å². The number of hydrogen-bond acceptors (Lipinski definition) is 6. The van der Waals surface area contributed by atoms with Crippen molar-refractivity contribution < 1.29 is 22.7 Å². The third-order valence-electron chi connectivity index (χ3n) is 4.70. The Kier molecular flexibility index (Phi) is 8.88. The molecule has 7 nitrogen and oxygen atoms in total. The van der Waals surface area contributed by atoms with Crippen molar-refractivity contribution >= 4 is 44.7 Å². The Balaban J connectivity index is 1.86. The molecule has 0 aliphatic heterocycles. The Bertz CT molecular complexity index is 1040. The normalized spacial score (nSPS) is 11.1. The van der Waals surface area contributed by atoms with E-state index in [0.29, 0.717) is 10.7 Å². The quantitative estimate of drug-likeness (QED) is 0.523. The second-order valence-electron chi connectivity index (χ2n) is 6.96. The minimum absolute atomic E-state index is 0.221. The Morgan fingerprint density at radius 2 is 1.81 bits per heavy atom. The van der Waals surface area contributed by atoms with Crippen LogP contribution in [0.25, 0.3) is 0 Å². The van der Waals surface area contributed by atoms with E-state index in [4.69, 9.17) is 16.3 Å². The van der Waals surface area contributed by atoms with E-state index < -0.39 is 33.2 Å². The third-order valence-corrected chi connectivity index (χ3v) is 6.43. The number of sulfone groups is 1. The molecular weight excluding hydrogens is 440 g/mol. The molecule has 0 fully saturated rings. The van der Waals surface area contributed by atoms with Crippen molar-refractivity contribution in [3.05, 3.63) is 58.6 Å². The van der Waals surface area contributed by atoms with Crippen molar-refractivity contribution in [2.24, 2.45) is 0 Å². The van der Waals surface area contributed by atoms with Gasteiger partial charge < -0.3 is 9.64 Å². The van der Waals surface area contributed by atoms with Crippen molar-refractivity contribution in [1.82, 2.24) is 0 Å². The highest BCUT2D eigenvalue weighted by atomic mass is 35.5. The number of anilines is 2. The lowest BCUT2D eigenvalue weighted by Crippen LogP contribution is -2.24. The first-order valence-electron chi connectivity index (χ1n) is 9.93. The first-order chi connectivity index (χ1) is 14.6. The molecule has 0 aliphatic rings. The van der Waals surface area contributed by atoms with Gasteiger partial charge in [0.25, 0.3) is 0 Å². The molecule has 0 spiro atoms. The molecule has 2 aromatic rings. The van der Waals surface area contributed by atoms with Gasteiger partial charge in [-0.25, -0.2) is 13.2 Å². The van der Waals surface area contributed by atoms with E-state index in [2.05, 4.69) is 24.1 Å². The number of Topliss-reactive ketones (excluding diaryl/α,β-unsaturated/α-hetero) is 1. The maximum Gasteiger partial charge on any atom is 0.411 e. The molecule has 31 heavy (non-hydrogen) atoms. The molecule has 0 atom stereocenters. The van der Waals surface area contributed by atoms with Crippen LogP contribution in [0.15, 0.2) is 42.5 Å². The number of nitrogens with one attached hydrogen (secondary N) is 1. The van der Waals surface area contributed by atoms with Crippen molar-refractivity contribution in [3.63, 3.8) is 0 Å². The first-order valence-corrected chi connectivity index (χ1v) is 12.1. The summed E-state index contributed by atoms with van der Waals surface area (Å²) >= 11 is 5.83. The highest BCUT2D eigenvalue weighted by Crippen LogP contribution is 2.22. The van der Waals surface area contributed by atoms with Gasteiger partial charge in [-0.15, -0.1) is 0 Å². The number of aryl methyl sites for hydroxylation is 1. The Morgan fingerprint density at radius 1 is 1.10 bits per heavy atom. The molecule has 9 heteroatoms. The Labute approximate surface area is 188 Å². The van der Waals surface area contributed by atoms with Gasteiger partial charge >= 0.3 is 6.09 Å². The zero-order chi connectivity index (χ0) is 23.0. The van der Waals surface area contributed by atoms with Gasteiger partial charge in [0.2, 0.25) is 0 Å². The van der Waals surface area contributed by atoms with Crippen molar-refractivity contribution in [2.45, 2.75) is 20.8 Å². The van der Waals surface area contributed by atoms with Crippen LogP contribution in [0.1, 0.15) is 29.8 Å². The number of carbonyl (C=O) groups excluding carboxylic acids is 2. The number of carbonyl (C=O) groups is 2. The number of nitrogens with zero attached hydrogens (tertiary/aromatic N) is 1. The fourth-order valence-electron chi connectivity index (χ4n) is 3.00. The minimum atomic E-state index is -3.74. The molecule has 0 heterocycles. The molecule has 0 aliphatic carbocycles. The van der Waals surface area contributed by atoms with Crippen LogP contribution >= 0.6 is 11.6 Å². The Morgan fingerprint density at radius 3 is 2.42 bits per heavy atom. The highest BCUT2D eigenvalue weighted by Gasteiger charge is 2.19. The predicted octanol–water partition coefficient (Wildman–Crippen LogP) is 4.34. The summed E-state index contributed by atoms with van der Waals surface area (Å²) in [5.74, 6) is -1.69. The van der Waals surface area contributed by atoms with Crippen molar-refractivity contribution in [3.8, 4) is 0 Å². The molecule has 0 saturated heterocycles. The smallest absolute Gasteiger partial charge is 0.411 e. The Hall–Kier alpha value is -2.58. The van der Waals surface area contributed by atoms with E-state index in [1.54, 1.807) is 18.2 Å². The summed E-state index contributed by atoms with van der Waals surface area (Å²) in [5.41, 5.74) is 2.72. The summed E-state index contributed by atoms with van der Waals surface area (Å²) in [6.45, 7) is 7.40. The standard InChI is InChI=1S/C22H27ClN2O5S/c1-4-25(5-2)19-9-10-20(16(3)13-19)24-22(27)30-11-12-31(28,29)15-21(26)17-7-6-8-18(23)14-17/h6-10,13-14H,4-5,11-12,15H2,1-3H3,(H,24,27). The highest BCUT2D eigenvalue weighted by molar-refractivity contribution is 7.92. The molecular formula is C22H27ClN2O5S. The molecule has 1 N–H and O–H groups in total. The van der Waals surface area contributed by atoms with Gasteiger partial charge in [0.05, 0.1) is 5.75 Å². The molecule has 0 saturated carbocycles. The summed E-state index contributed by atoms with van der Waals surface area (Å²) < 4.78 is 29.4. The number of hydrogen-bond donors (Lipinski definition) is 1. The van der Waals surface area contributed by atoms with Crippen LogP contribution in [0.2, 0.25) is 5.02 Å². The van der Waals surface area contributed by atoms with Gasteiger partial charge in [-0.3, -0.25) is 10.1 Å². The molecule has 0 aromatic heterocycles. The second kappa shape index (κ2) is 11.2. The number of ether oxygens (including phenoxy) is 1. The number of benzene rings is 2. The van der Waals surface area contributed by atoms with Gasteiger partial charge in [0.15, 0.2) is 15.6 Å². The zero-order valence-electron chi connectivity index (χ0n) is 17.9. The van der Waals surface area contributed by atoms with Crippen LogP contribution in [-0.4, -0.2) is 51.5 Å². The number of amides is 1. The lowest BCUT2D eigenvalue weighted by Gasteiger charge is -2.22. The fraction of sp³-hybridized carbons (Fsp3) is 0.364. The van der Waals surface area contributed by atoms with Crippen LogP contribution in [-0.2, 0) is 14.6 Å². The van der Waals surface area contributed by atoms with Crippen molar-refractivity contribution in [1.29, 1.82) is 0 Å². The van der Waals surface area contributed by atoms with Gasteiger partial charge in [0.1, 0.15) is 12.4 Å². The summed E-state index contributed by atoms with van der Waals surface area (Å²) in [7, 11) is -3.74. The van der Waals surface area contributed by atoms with Crippen LogP contribution < -0.4 is 10.2 Å². The lowest BCUT2D eigenvalue weighted by molar-refractivity contribution is 0.102. The van der Waals surface area contributed by atoms with Crippen LogP contribution in [0.5, 0.6) is 0 Å². The molecule has 1 amide bonds. The average molecular weight is 467 g/mol. The first kappa shape index (κ1) is 24.7. The van der Waals surface area contributed by atoms with Gasteiger partial charge in [-0.05, 0) is 56.7 Å². The monoisotopic (exact) mass is 466 g/mol. The minimum Gasteiger partial charge on any atom is -0.448 e. The number of ketones is 1. The SMILES string of the molecule is CCN(CC)c1ccc(NC(=O)OCCS(=O)(=O)CC(=O)c2cccc(Cl)c2)c(C)c1. The summed E-state index contributed by atoms with van der Waals surface area (Å²) in [4.78, 5) is 26.4. The third kappa shape index (κ3) is 7.56. The lowest BCUT2D eigenvalue weighted by atomic mass is 10.1. The molecule has 2 aromatic carbocycles. The molecule has 0 bridgehead atoms. The van der Waals surface area contributed by atoms with Crippen LogP contribution in [0.3, 0.4) is 0 Å². The second-order valence-corrected chi connectivity index (χ2v) is 9.58. The molecule has 0 radical (unpaired) electrons. The van der Waals surface area contributed by atoms with E-state index >= 15 is 0 Å². The summed E-state index contributed by atoms with van der Waals surface area (Å²) in [5, 5.41) is 2.97. The van der Waals surface area contributed by atoms with E-state index in [-0.39, 0.29) is 12.2 Å². The average Bonchev–Trinajstić information content (AvgIpc) is 2.70. The zero-order valence-corrected chi connectivity index (χ0v) is 19.4.